The van der Waals surface area contributed by atoms with Crippen LogP contribution >= 0.6 is 11.8 Å². The second kappa shape index (κ2) is 7.37. The molecule has 29 heavy (non-hydrogen) atoms. The Morgan fingerprint density at radius 2 is 1.90 bits per heavy atom. The van der Waals surface area contributed by atoms with E-state index in [-0.39, 0.29) is 11.2 Å². The largest absolute Gasteiger partial charge is 0.461 e. The smallest absolute Gasteiger partial charge is 0.240 e. The average Bonchev–Trinajstić information content (AvgIpc) is 3.43. The molecule has 0 bridgehead atoms. The highest BCUT2D eigenvalue weighted by atomic mass is 32.2. The van der Waals surface area contributed by atoms with Crippen molar-refractivity contribution in [2.75, 3.05) is 11.4 Å². The van der Waals surface area contributed by atoms with Crippen molar-refractivity contribution >= 4 is 34.3 Å². The fourth-order valence-corrected chi connectivity index (χ4v) is 4.66. The van der Waals surface area contributed by atoms with Crippen LogP contribution in [0.25, 0.3) is 22.5 Å². The predicted octanol–water partition coefficient (Wildman–Crippen LogP) is 4.96. The van der Waals surface area contributed by atoms with Gasteiger partial charge in [-0.05, 0) is 43.2 Å². The zero-order chi connectivity index (χ0) is 19.8. The highest BCUT2D eigenvalue weighted by molar-refractivity contribution is 8.00. The third-order valence-corrected chi connectivity index (χ3v) is 6.19. The number of thioether (sulfide) groups is 1. The summed E-state index contributed by atoms with van der Waals surface area (Å²) in [5.41, 5.74) is 3.09. The van der Waals surface area contributed by atoms with Gasteiger partial charge in [-0.2, -0.15) is 0 Å². The lowest BCUT2D eigenvalue weighted by Crippen LogP contribution is -2.35. The van der Waals surface area contributed by atoms with E-state index in [0.29, 0.717) is 11.6 Å². The molecule has 1 amide bonds. The first-order chi connectivity index (χ1) is 14.2. The monoisotopic (exact) mass is 401 g/mol. The molecule has 1 atom stereocenters. The van der Waals surface area contributed by atoms with Crippen molar-refractivity contribution in [3.05, 3.63) is 72.5 Å². The van der Waals surface area contributed by atoms with Crippen LogP contribution in [0.5, 0.6) is 0 Å². The third-order valence-electron chi connectivity index (χ3n) is 5.10. The molecule has 0 spiro atoms. The Morgan fingerprint density at radius 3 is 2.76 bits per heavy atom. The maximum absolute atomic E-state index is 13.2. The highest BCUT2D eigenvalue weighted by Crippen LogP contribution is 2.34. The molecule has 0 N–H and O–H groups in total. The number of rotatable bonds is 4. The van der Waals surface area contributed by atoms with Gasteiger partial charge in [-0.3, -0.25) is 4.79 Å². The van der Waals surface area contributed by atoms with Crippen molar-refractivity contribution in [3.8, 4) is 11.6 Å². The number of para-hydroxylation sites is 2. The second-order valence-corrected chi connectivity index (χ2v) is 8.30. The summed E-state index contributed by atoms with van der Waals surface area (Å²) in [6.07, 6.45) is 2.51. The first-order valence-electron chi connectivity index (χ1n) is 9.57. The summed E-state index contributed by atoms with van der Waals surface area (Å²) in [6, 6.07) is 19.6. The average molecular weight is 401 g/mol. The summed E-state index contributed by atoms with van der Waals surface area (Å²) < 4.78 is 5.49. The minimum atomic E-state index is -0.274. The maximum atomic E-state index is 13.2. The van der Waals surface area contributed by atoms with E-state index in [4.69, 9.17) is 9.40 Å². The Hall–Kier alpha value is -3.12. The summed E-state index contributed by atoms with van der Waals surface area (Å²) in [7, 11) is 0. The number of furan rings is 1. The molecule has 144 valence electrons. The zero-order valence-corrected chi connectivity index (χ0v) is 16.7. The summed E-state index contributed by atoms with van der Waals surface area (Å²) >= 11 is 1.47. The number of benzene rings is 2. The van der Waals surface area contributed by atoms with Gasteiger partial charge in [0.15, 0.2) is 11.6 Å². The SMILES string of the molecule is C[C@@H](Sc1nc(-c2ccco2)nc2ccccc12)C(=O)N1CCc2ccccc21. The fourth-order valence-electron chi connectivity index (χ4n) is 3.66. The Balaban J connectivity index is 1.47. The molecule has 0 fully saturated rings. The quantitative estimate of drug-likeness (QED) is 0.357. The Kier molecular flexibility index (Phi) is 4.56. The lowest BCUT2D eigenvalue weighted by atomic mass is 10.2. The molecule has 2 aromatic heterocycles. The van der Waals surface area contributed by atoms with E-state index >= 15 is 0 Å². The van der Waals surface area contributed by atoms with E-state index in [0.717, 1.165) is 34.6 Å². The standard InChI is InChI=1S/C23H19N3O2S/c1-15(23(27)26-13-12-16-7-2-5-10-19(16)26)29-22-17-8-3-4-9-18(17)24-21(25-22)20-11-6-14-28-20/h2-11,14-15H,12-13H2,1H3/t15-/m1/s1. The Bertz CT molecular complexity index is 1190. The minimum Gasteiger partial charge on any atom is -0.461 e. The molecule has 0 saturated carbocycles. The van der Waals surface area contributed by atoms with Crippen molar-refractivity contribution in [1.82, 2.24) is 9.97 Å². The van der Waals surface area contributed by atoms with E-state index < -0.39 is 0 Å². The van der Waals surface area contributed by atoms with Crippen LogP contribution in [-0.4, -0.2) is 27.7 Å². The number of anilines is 1. The molecule has 5 nitrogen and oxygen atoms in total. The summed E-state index contributed by atoms with van der Waals surface area (Å²) in [5.74, 6) is 1.25. The number of fused-ring (bicyclic) bond motifs is 2. The molecule has 0 radical (unpaired) electrons. The normalized spacial score (nSPS) is 14.2. The van der Waals surface area contributed by atoms with Crippen LogP contribution in [0.3, 0.4) is 0 Å². The molecule has 1 aliphatic heterocycles. The van der Waals surface area contributed by atoms with Crippen LogP contribution in [-0.2, 0) is 11.2 Å². The Labute approximate surface area is 172 Å². The summed E-state index contributed by atoms with van der Waals surface area (Å²) in [5, 5.41) is 1.45. The lowest BCUT2D eigenvalue weighted by Gasteiger charge is -2.21. The number of hydrogen-bond donors (Lipinski definition) is 0. The predicted molar refractivity (Wildman–Crippen MR) is 115 cm³/mol. The van der Waals surface area contributed by atoms with Crippen LogP contribution in [0.4, 0.5) is 5.69 Å². The molecule has 3 heterocycles. The van der Waals surface area contributed by atoms with Gasteiger partial charge in [-0.25, -0.2) is 9.97 Å². The summed E-state index contributed by atoms with van der Waals surface area (Å²) in [4.78, 5) is 24.4. The van der Waals surface area contributed by atoms with E-state index in [1.54, 1.807) is 6.26 Å². The molecular formula is C23H19N3O2S. The van der Waals surface area contributed by atoms with Crippen LogP contribution < -0.4 is 4.90 Å². The van der Waals surface area contributed by atoms with Crippen molar-refractivity contribution in [1.29, 1.82) is 0 Å². The van der Waals surface area contributed by atoms with Crippen molar-refractivity contribution < 1.29 is 9.21 Å². The van der Waals surface area contributed by atoms with Gasteiger partial charge in [-0.1, -0.05) is 48.2 Å². The topological polar surface area (TPSA) is 59.2 Å². The van der Waals surface area contributed by atoms with Gasteiger partial charge in [0.2, 0.25) is 5.91 Å². The van der Waals surface area contributed by atoms with Crippen LogP contribution in [0.2, 0.25) is 0 Å². The van der Waals surface area contributed by atoms with Gasteiger partial charge in [0.05, 0.1) is 17.0 Å². The van der Waals surface area contributed by atoms with Gasteiger partial charge in [0.1, 0.15) is 5.03 Å². The summed E-state index contributed by atoms with van der Waals surface area (Å²) in [6.45, 7) is 2.67. The highest BCUT2D eigenvalue weighted by Gasteiger charge is 2.29. The van der Waals surface area contributed by atoms with Crippen molar-refractivity contribution in [2.24, 2.45) is 0 Å². The molecule has 0 aliphatic carbocycles. The van der Waals surface area contributed by atoms with Gasteiger partial charge in [0.25, 0.3) is 0 Å². The number of hydrogen-bond acceptors (Lipinski definition) is 5. The van der Waals surface area contributed by atoms with Gasteiger partial charge < -0.3 is 9.32 Å². The van der Waals surface area contributed by atoms with Crippen molar-refractivity contribution in [3.63, 3.8) is 0 Å². The molecule has 5 rings (SSSR count). The zero-order valence-electron chi connectivity index (χ0n) is 15.9. The van der Waals surface area contributed by atoms with Gasteiger partial charge in [0, 0.05) is 17.6 Å². The van der Waals surface area contributed by atoms with E-state index in [2.05, 4.69) is 11.1 Å². The lowest BCUT2D eigenvalue weighted by molar-refractivity contribution is -0.117. The third kappa shape index (κ3) is 3.29. The van der Waals surface area contributed by atoms with Gasteiger partial charge >= 0.3 is 0 Å². The molecule has 6 heteroatoms. The van der Waals surface area contributed by atoms with Gasteiger partial charge in [-0.15, -0.1) is 0 Å². The molecule has 2 aromatic carbocycles. The van der Waals surface area contributed by atoms with Crippen LogP contribution in [0.1, 0.15) is 12.5 Å². The first-order valence-corrected chi connectivity index (χ1v) is 10.5. The number of amides is 1. The van der Waals surface area contributed by atoms with E-state index in [1.165, 1.54) is 17.3 Å². The Morgan fingerprint density at radius 1 is 1.07 bits per heavy atom. The number of aromatic nitrogens is 2. The second-order valence-electron chi connectivity index (χ2n) is 6.98. The maximum Gasteiger partial charge on any atom is 0.240 e. The minimum absolute atomic E-state index is 0.0993. The van der Waals surface area contributed by atoms with Crippen molar-refractivity contribution in [2.45, 2.75) is 23.6 Å². The fraction of sp³-hybridized carbons (Fsp3) is 0.174. The molecular weight excluding hydrogens is 382 g/mol. The number of nitrogens with zero attached hydrogens (tertiary/aromatic N) is 3. The number of carbonyl (C=O) groups excluding carboxylic acids is 1. The van der Waals surface area contributed by atoms with Crippen LogP contribution in [0.15, 0.2) is 76.4 Å². The molecule has 0 saturated heterocycles. The molecule has 0 unspecified atom stereocenters. The number of carbonyl (C=O) groups is 1. The van der Waals surface area contributed by atoms with E-state index in [9.17, 15) is 4.79 Å². The first kappa shape index (κ1) is 17.9. The van der Waals surface area contributed by atoms with Crippen LogP contribution in [0, 0.1) is 0 Å². The molecule has 4 aromatic rings. The van der Waals surface area contributed by atoms with E-state index in [1.807, 2.05) is 66.4 Å². The molecule has 1 aliphatic rings.